The summed E-state index contributed by atoms with van der Waals surface area (Å²) in [5.41, 5.74) is 0. The number of esters is 1. The van der Waals surface area contributed by atoms with Crippen molar-refractivity contribution >= 4 is 5.97 Å². The van der Waals surface area contributed by atoms with Crippen LogP contribution >= 0.6 is 0 Å². The van der Waals surface area contributed by atoms with E-state index in [0.29, 0.717) is 6.61 Å². The number of rotatable bonds is 1. The van der Waals surface area contributed by atoms with Crippen LogP contribution in [-0.2, 0) is 14.3 Å². The van der Waals surface area contributed by atoms with Gasteiger partial charge in [-0.3, -0.25) is 4.79 Å². The van der Waals surface area contributed by atoms with Crippen LogP contribution < -0.4 is 0 Å². The van der Waals surface area contributed by atoms with E-state index in [0.717, 1.165) is 13.2 Å². The van der Waals surface area contributed by atoms with E-state index >= 15 is 0 Å². The third kappa shape index (κ3) is 9.43. The molecule has 0 bridgehead atoms. The van der Waals surface area contributed by atoms with Gasteiger partial charge in [0.05, 0.1) is 6.61 Å². The lowest BCUT2D eigenvalue weighted by Gasteiger charge is -2.08. The summed E-state index contributed by atoms with van der Waals surface area (Å²) in [5.74, 6) is -0.211. The van der Waals surface area contributed by atoms with Crippen LogP contribution in [0.4, 0.5) is 0 Å². The van der Waals surface area contributed by atoms with E-state index in [4.69, 9.17) is 4.74 Å². The largest absolute Gasteiger partial charge is 0.466 e. The molecule has 72 valence electrons. The van der Waals surface area contributed by atoms with Crippen LogP contribution in [0, 0.1) is 0 Å². The predicted molar refractivity (Wildman–Crippen MR) is 47.0 cm³/mol. The van der Waals surface area contributed by atoms with E-state index in [1.807, 2.05) is 0 Å². The Morgan fingerprint density at radius 1 is 1.33 bits per heavy atom. The number of hydrogen-bond donors (Lipinski definition) is 0. The van der Waals surface area contributed by atoms with Crippen LogP contribution in [0.15, 0.2) is 0 Å². The molecule has 1 heterocycles. The highest BCUT2D eigenvalue weighted by Crippen LogP contribution is 2.02. The van der Waals surface area contributed by atoms with Crippen LogP contribution in [-0.4, -0.2) is 25.8 Å². The summed E-state index contributed by atoms with van der Waals surface area (Å²) in [6, 6.07) is 0. The molecule has 0 radical (unpaired) electrons. The molecule has 3 nitrogen and oxygen atoms in total. The van der Waals surface area contributed by atoms with Gasteiger partial charge in [0.2, 0.25) is 0 Å². The topological polar surface area (TPSA) is 35.5 Å². The van der Waals surface area contributed by atoms with Gasteiger partial charge in [0.25, 0.3) is 0 Å². The molecule has 1 saturated heterocycles. The zero-order valence-electron chi connectivity index (χ0n) is 7.97. The fourth-order valence-electron chi connectivity index (χ4n) is 0.890. The Labute approximate surface area is 74.0 Å². The summed E-state index contributed by atoms with van der Waals surface area (Å²) in [4.78, 5) is 9.82. The zero-order valence-corrected chi connectivity index (χ0v) is 7.97. The Balaban J connectivity index is 0.000000202. The first-order valence-corrected chi connectivity index (χ1v) is 4.48. The van der Waals surface area contributed by atoms with E-state index in [1.165, 1.54) is 26.2 Å². The molecule has 0 aromatic carbocycles. The highest BCUT2D eigenvalue weighted by molar-refractivity contribution is 5.65. The summed E-state index contributed by atoms with van der Waals surface area (Å²) in [7, 11) is 0. The van der Waals surface area contributed by atoms with Gasteiger partial charge in [-0.05, 0) is 26.2 Å². The lowest BCUT2D eigenvalue weighted by Crippen LogP contribution is -2.03. The van der Waals surface area contributed by atoms with Gasteiger partial charge in [0.15, 0.2) is 0 Å². The van der Waals surface area contributed by atoms with Crippen molar-refractivity contribution < 1.29 is 14.3 Å². The Bertz CT molecular complexity index is 96.8. The van der Waals surface area contributed by atoms with Crippen molar-refractivity contribution in [1.29, 1.82) is 0 Å². The summed E-state index contributed by atoms with van der Waals surface area (Å²) in [6.45, 7) is 5.65. The maximum absolute atomic E-state index is 9.82. The first-order valence-electron chi connectivity index (χ1n) is 4.48. The smallest absolute Gasteiger partial charge is 0.302 e. The SMILES string of the molecule is C1CCOCC1.CCOC(C)=O. The Morgan fingerprint density at radius 3 is 2.00 bits per heavy atom. The molecular formula is C9H18O3. The molecule has 0 spiro atoms. The van der Waals surface area contributed by atoms with Gasteiger partial charge in [-0.25, -0.2) is 0 Å². The van der Waals surface area contributed by atoms with Crippen molar-refractivity contribution in [2.24, 2.45) is 0 Å². The molecule has 0 aromatic rings. The second-order valence-corrected chi connectivity index (χ2v) is 2.60. The summed E-state index contributed by atoms with van der Waals surface area (Å²) >= 11 is 0. The normalized spacial score (nSPS) is 15.8. The van der Waals surface area contributed by atoms with Crippen molar-refractivity contribution in [3.05, 3.63) is 0 Å². The third-order valence-electron chi connectivity index (χ3n) is 1.42. The van der Waals surface area contributed by atoms with Crippen molar-refractivity contribution in [2.75, 3.05) is 19.8 Å². The summed E-state index contributed by atoms with van der Waals surface area (Å²) in [5, 5.41) is 0. The fourth-order valence-corrected chi connectivity index (χ4v) is 0.890. The zero-order chi connectivity index (χ0) is 9.23. The van der Waals surface area contributed by atoms with E-state index < -0.39 is 0 Å². The van der Waals surface area contributed by atoms with E-state index in [-0.39, 0.29) is 5.97 Å². The van der Waals surface area contributed by atoms with Crippen LogP contribution in [0.1, 0.15) is 33.1 Å². The third-order valence-corrected chi connectivity index (χ3v) is 1.42. The lowest BCUT2D eigenvalue weighted by molar-refractivity contribution is -0.140. The molecule has 0 aromatic heterocycles. The highest BCUT2D eigenvalue weighted by Gasteiger charge is 1.95. The van der Waals surface area contributed by atoms with Gasteiger partial charge in [-0.15, -0.1) is 0 Å². The molecule has 0 aliphatic carbocycles. The average molecular weight is 174 g/mol. The molecule has 3 heteroatoms. The number of carbonyl (C=O) groups excluding carboxylic acids is 1. The first kappa shape index (κ1) is 11.4. The lowest BCUT2D eigenvalue weighted by atomic mass is 10.2. The van der Waals surface area contributed by atoms with Gasteiger partial charge < -0.3 is 9.47 Å². The quantitative estimate of drug-likeness (QED) is 0.568. The predicted octanol–water partition coefficient (Wildman–Crippen LogP) is 1.76. The van der Waals surface area contributed by atoms with Crippen molar-refractivity contribution in [2.45, 2.75) is 33.1 Å². The number of hydrogen-bond acceptors (Lipinski definition) is 3. The molecule has 0 saturated carbocycles. The maximum Gasteiger partial charge on any atom is 0.302 e. The molecule has 0 atom stereocenters. The standard InChI is InChI=1S/C5H10O.C4H8O2/c1-2-4-6-5-3-1;1-3-6-4(2)5/h1-5H2;3H2,1-2H3. The first-order chi connectivity index (χ1) is 5.77. The number of carbonyl (C=O) groups is 1. The molecule has 0 N–H and O–H groups in total. The van der Waals surface area contributed by atoms with Crippen LogP contribution in [0.25, 0.3) is 0 Å². The molecule has 1 rings (SSSR count). The fraction of sp³-hybridized carbons (Fsp3) is 0.889. The van der Waals surface area contributed by atoms with Crippen molar-refractivity contribution in [1.82, 2.24) is 0 Å². The Hall–Kier alpha value is -0.570. The Kier molecular flexibility index (Phi) is 8.12. The van der Waals surface area contributed by atoms with E-state index in [2.05, 4.69) is 4.74 Å². The summed E-state index contributed by atoms with van der Waals surface area (Å²) < 4.78 is 9.47. The van der Waals surface area contributed by atoms with Crippen LogP contribution in [0.5, 0.6) is 0 Å². The molecule has 1 fully saturated rings. The molecular weight excluding hydrogens is 156 g/mol. The monoisotopic (exact) mass is 174 g/mol. The van der Waals surface area contributed by atoms with Crippen LogP contribution in [0.2, 0.25) is 0 Å². The maximum atomic E-state index is 9.82. The minimum atomic E-state index is -0.211. The van der Waals surface area contributed by atoms with Crippen LogP contribution in [0.3, 0.4) is 0 Å². The van der Waals surface area contributed by atoms with Gasteiger partial charge in [-0.1, -0.05) is 0 Å². The van der Waals surface area contributed by atoms with Gasteiger partial charge >= 0.3 is 5.97 Å². The van der Waals surface area contributed by atoms with Gasteiger partial charge in [0, 0.05) is 20.1 Å². The number of ether oxygens (including phenoxy) is 2. The Morgan fingerprint density at radius 2 is 1.92 bits per heavy atom. The minimum Gasteiger partial charge on any atom is -0.466 e. The van der Waals surface area contributed by atoms with E-state index in [9.17, 15) is 4.79 Å². The van der Waals surface area contributed by atoms with Gasteiger partial charge in [-0.2, -0.15) is 0 Å². The van der Waals surface area contributed by atoms with Crippen molar-refractivity contribution in [3.8, 4) is 0 Å². The molecule has 1 aliphatic rings. The van der Waals surface area contributed by atoms with E-state index in [1.54, 1.807) is 6.92 Å². The molecule has 1 aliphatic heterocycles. The molecule has 0 unspecified atom stereocenters. The van der Waals surface area contributed by atoms with Crippen molar-refractivity contribution in [3.63, 3.8) is 0 Å². The second-order valence-electron chi connectivity index (χ2n) is 2.60. The molecule has 0 amide bonds. The second kappa shape index (κ2) is 8.53. The highest BCUT2D eigenvalue weighted by atomic mass is 16.5. The minimum absolute atomic E-state index is 0.211. The summed E-state index contributed by atoms with van der Waals surface area (Å²) in [6.07, 6.45) is 3.93. The van der Waals surface area contributed by atoms with Gasteiger partial charge in [0.1, 0.15) is 0 Å². The average Bonchev–Trinajstić information content (AvgIpc) is 2.08. The molecule has 12 heavy (non-hydrogen) atoms.